The van der Waals surface area contributed by atoms with Gasteiger partial charge in [0.2, 0.25) is 0 Å². The van der Waals surface area contributed by atoms with Crippen LogP contribution in [0.2, 0.25) is 0 Å². The first kappa shape index (κ1) is 26.4. The lowest BCUT2D eigenvalue weighted by molar-refractivity contribution is -0.139. The Labute approximate surface area is 217 Å². The summed E-state index contributed by atoms with van der Waals surface area (Å²) >= 11 is 3.42. The molecule has 0 saturated carbocycles. The highest BCUT2D eigenvalue weighted by Crippen LogP contribution is 2.20. The fourth-order valence-corrected chi connectivity index (χ4v) is 3.25. The Morgan fingerprint density at radius 3 is 2.47 bits per heavy atom. The molecule has 3 rings (SSSR count). The number of anilines is 1. The molecule has 36 heavy (non-hydrogen) atoms. The highest BCUT2D eigenvalue weighted by atomic mass is 79.9. The number of nitrogens with zero attached hydrogens (tertiary/aromatic N) is 1. The van der Waals surface area contributed by atoms with Gasteiger partial charge in [-0.3, -0.25) is 14.4 Å². The van der Waals surface area contributed by atoms with E-state index in [-0.39, 0.29) is 19.1 Å². The van der Waals surface area contributed by atoms with Crippen molar-refractivity contribution in [3.8, 4) is 11.5 Å². The number of nitrogens with one attached hydrogen (secondary N) is 3. The number of halogens is 1. The average Bonchev–Trinajstić information content (AvgIpc) is 2.89. The van der Waals surface area contributed by atoms with Gasteiger partial charge in [0.15, 0.2) is 6.61 Å². The molecule has 0 aliphatic rings. The highest BCUT2D eigenvalue weighted by molar-refractivity contribution is 9.10. The van der Waals surface area contributed by atoms with Gasteiger partial charge in [-0.25, -0.2) is 5.43 Å². The zero-order chi connectivity index (χ0) is 25.9. The minimum absolute atomic E-state index is 0.179. The Bertz CT molecular complexity index is 1260. The van der Waals surface area contributed by atoms with Crippen molar-refractivity contribution in [2.75, 3.05) is 19.0 Å². The van der Waals surface area contributed by atoms with Crippen LogP contribution in [0.15, 0.2) is 76.3 Å². The van der Waals surface area contributed by atoms with E-state index in [4.69, 9.17) is 9.47 Å². The first-order valence-electron chi connectivity index (χ1n) is 10.9. The maximum Gasteiger partial charge on any atom is 0.329 e. The Kier molecular flexibility index (Phi) is 9.58. The van der Waals surface area contributed by atoms with Crippen LogP contribution in [0.25, 0.3) is 0 Å². The number of rotatable bonds is 9. The Morgan fingerprint density at radius 1 is 1.00 bits per heavy atom. The molecule has 3 amide bonds. The quantitative estimate of drug-likeness (QED) is 0.213. The molecular weight excluding hydrogens is 528 g/mol. The largest absolute Gasteiger partial charge is 0.497 e. The van der Waals surface area contributed by atoms with Crippen molar-refractivity contribution in [1.82, 2.24) is 10.7 Å². The van der Waals surface area contributed by atoms with Crippen LogP contribution in [0, 0.1) is 6.92 Å². The third-order valence-corrected chi connectivity index (χ3v) is 5.80. The van der Waals surface area contributed by atoms with E-state index in [9.17, 15) is 14.4 Å². The summed E-state index contributed by atoms with van der Waals surface area (Å²) in [6.45, 7) is 1.88. The van der Waals surface area contributed by atoms with Crippen LogP contribution in [0.3, 0.4) is 0 Å². The van der Waals surface area contributed by atoms with Crippen molar-refractivity contribution in [3.63, 3.8) is 0 Å². The van der Waals surface area contributed by atoms with Gasteiger partial charge in [0.1, 0.15) is 11.5 Å². The minimum atomic E-state index is -0.915. The summed E-state index contributed by atoms with van der Waals surface area (Å²) in [5, 5.41) is 9.12. The summed E-state index contributed by atoms with van der Waals surface area (Å²) in [5.74, 6) is -0.983. The van der Waals surface area contributed by atoms with Crippen LogP contribution in [-0.4, -0.2) is 37.7 Å². The van der Waals surface area contributed by atoms with Crippen molar-refractivity contribution in [2.24, 2.45) is 5.10 Å². The average molecular weight is 553 g/mol. The van der Waals surface area contributed by atoms with Crippen molar-refractivity contribution in [1.29, 1.82) is 0 Å². The summed E-state index contributed by atoms with van der Waals surface area (Å²) in [6.07, 6.45) is 1.33. The van der Waals surface area contributed by atoms with Crippen molar-refractivity contribution < 1.29 is 23.9 Å². The molecule has 0 atom stereocenters. The van der Waals surface area contributed by atoms with Crippen LogP contribution in [0.4, 0.5) is 5.69 Å². The summed E-state index contributed by atoms with van der Waals surface area (Å²) in [4.78, 5) is 36.3. The van der Waals surface area contributed by atoms with Gasteiger partial charge in [-0.15, -0.1) is 0 Å². The number of para-hydroxylation sites is 1. The third-order valence-electron chi connectivity index (χ3n) is 4.91. The number of aryl methyl sites for hydroxylation is 1. The maximum atomic E-state index is 12.3. The molecule has 9 nitrogen and oxygen atoms in total. The van der Waals surface area contributed by atoms with Gasteiger partial charge >= 0.3 is 11.8 Å². The number of carbonyl (C=O) groups is 3. The molecule has 0 aromatic heterocycles. The number of carbonyl (C=O) groups excluding carboxylic acids is 3. The van der Waals surface area contributed by atoms with Gasteiger partial charge in [0.05, 0.1) is 13.3 Å². The van der Waals surface area contributed by atoms with Gasteiger partial charge in [-0.05, 0) is 60.5 Å². The second-order valence-electron chi connectivity index (χ2n) is 7.57. The van der Waals surface area contributed by atoms with E-state index >= 15 is 0 Å². The molecule has 0 bridgehead atoms. The molecule has 3 aromatic rings. The van der Waals surface area contributed by atoms with Crippen LogP contribution >= 0.6 is 15.9 Å². The number of hydrogen-bond donors (Lipinski definition) is 3. The highest BCUT2D eigenvalue weighted by Gasteiger charge is 2.12. The molecule has 0 fully saturated rings. The first-order chi connectivity index (χ1) is 17.4. The summed E-state index contributed by atoms with van der Waals surface area (Å²) in [5.41, 5.74) is 5.16. The molecule has 0 spiro atoms. The monoisotopic (exact) mass is 552 g/mol. The molecule has 0 heterocycles. The van der Waals surface area contributed by atoms with Crippen molar-refractivity contribution in [3.05, 3.63) is 87.9 Å². The van der Waals surface area contributed by atoms with Gasteiger partial charge in [-0.1, -0.05) is 40.2 Å². The normalized spacial score (nSPS) is 10.5. The van der Waals surface area contributed by atoms with E-state index in [0.717, 1.165) is 15.6 Å². The lowest BCUT2D eigenvalue weighted by atomic mass is 10.2. The van der Waals surface area contributed by atoms with Crippen LogP contribution in [-0.2, 0) is 20.9 Å². The number of hydrogen-bond acceptors (Lipinski definition) is 6. The Morgan fingerprint density at radius 2 is 1.75 bits per heavy atom. The molecule has 10 heteroatoms. The third kappa shape index (κ3) is 7.95. The van der Waals surface area contributed by atoms with Gasteiger partial charge in [0, 0.05) is 22.3 Å². The molecule has 0 aliphatic carbocycles. The lowest BCUT2D eigenvalue weighted by Crippen LogP contribution is -2.37. The smallest absolute Gasteiger partial charge is 0.329 e. The summed E-state index contributed by atoms with van der Waals surface area (Å²) < 4.78 is 11.7. The predicted octanol–water partition coefficient (Wildman–Crippen LogP) is 3.55. The number of benzene rings is 3. The Hall–Kier alpha value is -4.18. The van der Waals surface area contributed by atoms with E-state index < -0.39 is 11.8 Å². The molecule has 0 aliphatic heterocycles. The zero-order valence-corrected chi connectivity index (χ0v) is 21.3. The van der Waals surface area contributed by atoms with Crippen LogP contribution in [0.5, 0.6) is 11.5 Å². The molecule has 3 N–H and O–H groups in total. The molecular formula is C26H25BrN4O5. The van der Waals surface area contributed by atoms with Crippen molar-refractivity contribution >= 4 is 45.6 Å². The zero-order valence-electron chi connectivity index (χ0n) is 19.7. The van der Waals surface area contributed by atoms with Crippen LogP contribution in [0.1, 0.15) is 16.7 Å². The number of amides is 3. The van der Waals surface area contributed by atoms with E-state index in [0.29, 0.717) is 22.7 Å². The lowest BCUT2D eigenvalue weighted by Gasteiger charge is -2.10. The standard InChI is InChI=1S/C26H25BrN4O5/c1-17-13-20(9-12-22(17)27)30-24(32)16-36-23-6-4-3-5-19(23)15-29-31-26(34)25(33)28-14-18-7-10-21(35-2)11-8-18/h3-13,15H,14,16H2,1-2H3,(H,28,33)(H,30,32)(H,31,34)/b29-15-. The second kappa shape index (κ2) is 13.1. The molecule has 3 aromatic carbocycles. The number of hydrazone groups is 1. The summed E-state index contributed by atoms with van der Waals surface area (Å²) in [6, 6.07) is 19.4. The minimum Gasteiger partial charge on any atom is -0.497 e. The van der Waals surface area contributed by atoms with Gasteiger partial charge in [-0.2, -0.15) is 5.10 Å². The topological polar surface area (TPSA) is 118 Å². The van der Waals surface area contributed by atoms with E-state index in [2.05, 4.69) is 37.1 Å². The molecule has 0 unspecified atom stereocenters. The van der Waals surface area contributed by atoms with E-state index in [1.807, 2.05) is 19.1 Å². The fraction of sp³-hybridized carbons (Fsp3) is 0.154. The van der Waals surface area contributed by atoms with Crippen LogP contribution < -0.4 is 25.5 Å². The van der Waals surface area contributed by atoms with Gasteiger partial charge in [0.25, 0.3) is 5.91 Å². The second-order valence-corrected chi connectivity index (χ2v) is 8.42. The molecule has 0 radical (unpaired) electrons. The maximum absolute atomic E-state index is 12.3. The molecule has 0 saturated heterocycles. The summed E-state index contributed by atoms with van der Waals surface area (Å²) in [7, 11) is 1.56. The van der Waals surface area contributed by atoms with Crippen molar-refractivity contribution in [2.45, 2.75) is 13.5 Å². The van der Waals surface area contributed by atoms with E-state index in [1.165, 1.54) is 6.21 Å². The first-order valence-corrected chi connectivity index (χ1v) is 11.7. The SMILES string of the molecule is COc1ccc(CNC(=O)C(=O)N/N=C\c2ccccc2OCC(=O)Nc2ccc(Br)c(C)c2)cc1. The Balaban J connectivity index is 1.48. The fourth-order valence-electron chi connectivity index (χ4n) is 3.00. The predicted molar refractivity (Wildman–Crippen MR) is 140 cm³/mol. The van der Waals surface area contributed by atoms with Gasteiger partial charge < -0.3 is 20.1 Å². The number of methoxy groups -OCH3 is 1. The number of ether oxygens (including phenoxy) is 2. The van der Waals surface area contributed by atoms with E-state index in [1.54, 1.807) is 61.7 Å². The molecule has 186 valence electrons.